The fourth-order valence-corrected chi connectivity index (χ4v) is 4.49. The number of hydrogen-bond acceptors (Lipinski definition) is 3. The SMILES string of the molecule is Cc1cc(C2C(C(=O)Nc3ccc(F)c(F)c3)C2(C)C)ccc1S(N)(=O)=O. The van der Waals surface area contributed by atoms with Crippen molar-refractivity contribution < 1.29 is 22.0 Å². The van der Waals surface area contributed by atoms with Crippen LogP contribution in [0.3, 0.4) is 0 Å². The van der Waals surface area contributed by atoms with E-state index in [2.05, 4.69) is 5.32 Å². The molecule has 1 aliphatic rings. The van der Waals surface area contributed by atoms with E-state index in [9.17, 15) is 22.0 Å². The first-order valence-corrected chi connectivity index (χ1v) is 9.87. The van der Waals surface area contributed by atoms with Crippen molar-refractivity contribution in [2.24, 2.45) is 16.5 Å². The first-order valence-electron chi connectivity index (χ1n) is 8.32. The second kappa shape index (κ2) is 6.38. The van der Waals surface area contributed by atoms with Gasteiger partial charge in [-0.15, -0.1) is 0 Å². The van der Waals surface area contributed by atoms with Gasteiger partial charge >= 0.3 is 0 Å². The molecule has 144 valence electrons. The lowest BCUT2D eigenvalue weighted by molar-refractivity contribution is -0.118. The zero-order chi connectivity index (χ0) is 20.1. The third kappa shape index (κ3) is 3.59. The van der Waals surface area contributed by atoms with Crippen LogP contribution in [-0.2, 0) is 14.8 Å². The van der Waals surface area contributed by atoms with E-state index in [1.54, 1.807) is 19.1 Å². The van der Waals surface area contributed by atoms with Gasteiger partial charge in [0.25, 0.3) is 0 Å². The van der Waals surface area contributed by atoms with E-state index in [4.69, 9.17) is 5.14 Å². The fourth-order valence-electron chi connectivity index (χ4n) is 3.73. The predicted octanol–water partition coefficient (Wildman–Crippen LogP) is 3.30. The zero-order valence-corrected chi connectivity index (χ0v) is 15.9. The number of primary sulfonamides is 1. The number of sulfonamides is 1. The van der Waals surface area contributed by atoms with Crippen molar-refractivity contribution in [3.05, 3.63) is 59.2 Å². The van der Waals surface area contributed by atoms with Crippen LogP contribution >= 0.6 is 0 Å². The molecule has 1 fully saturated rings. The molecule has 2 unspecified atom stereocenters. The first kappa shape index (κ1) is 19.4. The minimum Gasteiger partial charge on any atom is -0.326 e. The fraction of sp³-hybridized carbons (Fsp3) is 0.316. The molecule has 3 N–H and O–H groups in total. The Kier molecular flexibility index (Phi) is 4.60. The minimum absolute atomic E-state index is 0.0486. The van der Waals surface area contributed by atoms with Gasteiger partial charge in [-0.3, -0.25) is 4.79 Å². The van der Waals surface area contributed by atoms with Gasteiger partial charge in [-0.1, -0.05) is 26.0 Å². The average molecular weight is 394 g/mol. The summed E-state index contributed by atoms with van der Waals surface area (Å²) in [5, 5.41) is 7.80. The molecule has 0 aliphatic heterocycles. The van der Waals surface area contributed by atoms with Crippen LogP contribution in [0.25, 0.3) is 0 Å². The Balaban J connectivity index is 1.83. The lowest BCUT2D eigenvalue weighted by Gasteiger charge is -2.08. The van der Waals surface area contributed by atoms with Gasteiger partial charge in [0.2, 0.25) is 15.9 Å². The molecule has 2 aromatic rings. The van der Waals surface area contributed by atoms with Crippen molar-refractivity contribution in [2.45, 2.75) is 31.6 Å². The van der Waals surface area contributed by atoms with Crippen molar-refractivity contribution in [1.82, 2.24) is 0 Å². The normalized spacial score (nSPS) is 21.0. The molecule has 5 nitrogen and oxygen atoms in total. The number of rotatable bonds is 4. The summed E-state index contributed by atoms with van der Waals surface area (Å²) in [7, 11) is -3.81. The summed E-state index contributed by atoms with van der Waals surface area (Å²) in [5.74, 6) is -2.83. The van der Waals surface area contributed by atoms with Crippen LogP contribution in [0, 0.1) is 29.9 Å². The molecule has 0 heterocycles. The molecule has 1 aliphatic carbocycles. The third-order valence-corrected chi connectivity index (χ3v) is 6.23. The number of amides is 1. The number of carbonyl (C=O) groups is 1. The standard InChI is InChI=1S/C19H20F2N2O3S/c1-10-8-11(4-7-15(10)27(22,25)26)16-17(19(16,2)3)18(24)23-12-5-6-13(20)14(21)9-12/h4-9,16-17H,1-3H3,(H,23,24)(H2,22,25,26). The number of aryl methyl sites for hydroxylation is 1. The molecule has 3 rings (SSSR count). The van der Waals surface area contributed by atoms with Gasteiger partial charge in [0.05, 0.1) is 10.8 Å². The van der Waals surface area contributed by atoms with Crippen LogP contribution in [0.4, 0.5) is 14.5 Å². The molecule has 1 saturated carbocycles. The predicted molar refractivity (Wildman–Crippen MR) is 97.6 cm³/mol. The van der Waals surface area contributed by atoms with Crippen LogP contribution in [-0.4, -0.2) is 14.3 Å². The lowest BCUT2D eigenvalue weighted by Crippen LogP contribution is -2.17. The Labute approximate surface area is 156 Å². The van der Waals surface area contributed by atoms with E-state index in [1.807, 2.05) is 13.8 Å². The first-order chi connectivity index (χ1) is 12.4. The lowest BCUT2D eigenvalue weighted by atomic mass is 10.0. The smallest absolute Gasteiger partial charge is 0.238 e. The Morgan fingerprint density at radius 1 is 1.11 bits per heavy atom. The maximum atomic E-state index is 13.3. The van der Waals surface area contributed by atoms with Crippen molar-refractivity contribution >= 4 is 21.6 Å². The second-order valence-electron chi connectivity index (χ2n) is 7.46. The van der Waals surface area contributed by atoms with E-state index in [-0.39, 0.29) is 33.7 Å². The van der Waals surface area contributed by atoms with E-state index in [1.165, 1.54) is 12.1 Å². The summed E-state index contributed by atoms with van der Waals surface area (Å²) in [5.41, 5.74) is 1.16. The highest BCUT2D eigenvalue weighted by molar-refractivity contribution is 7.89. The van der Waals surface area contributed by atoms with Crippen molar-refractivity contribution in [2.75, 3.05) is 5.32 Å². The highest BCUT2D eigenvalue weighted by Crippen LogP contribution is 2.64. The maximum Gasteiger partial charge on any atom is 0.238 e. The molecule has 0 spiro atoms. The Hall–Kier alpha value is -2.32. The van der Waals surface area contributed by atoms with Gasteiger partial charge < -0.3 is 5.32 Å². The van der Waals surface area contributed by atoms with E-state index in [0.29, 0.717) is 5.56 Å². The molecule has 8 heteroatoms. The Bertz CT molecular complexity index is 1040. The minimum atomic E-state index is -3.81. The quantitative estimate of drug-likeness (QED) is 0.834. The van der Waals surface area contributed by atoms with Crippen molar-refractivity contribution in [1.29, 1.82) is 0 Å². The Morgan fingerprint density at radius 2 is 1.78 bits per heavy atom. The zero-order valence-electron chi connectivity index (χ0n) is 15.1. The number of carbonyl (C=O) groups excluding carboxylic acids is 1. The summed E-state index contributed by atoms with van der Waals surface area (Å²) >= 11 is 0. The van der Waals surface area contributed by atoms with E-state index >= 15 is 0 Å². The van der Waals surface area contributed by atoms with Crippen molar-refractivity contribution in [3.63, 3.8) is 0 Å². The number of nitrogens with one attached hydrogen (secondary N) is 1. The highest BCUT2D eigenvalue weighted by Gasteiger charge is 2.62. The van der Waals surface area contributed by atoms with Gasteiger partial charge in [-0.25, -0.2) is 22.3 Å². The summed E-state index contributed by atoms with van der Waals surface area (Å²) in [4.78, 5) is 12.7. The van der Waals surface area contributed by atoms with E-state index in [0.717, 1.165) is 17.7 Å². The molecular formula is C19H20F2N2O3S. The van der Waals surface area contributed by atoms with Crippen LogP contribution in [0.2, 0.25) is 0 Å². The molecule has 0 radical (unpaired) electrons. The number of hydrogen-bond donors (Lipinski definition) is 2. The van der Waals surface area contributed by atoms with Gasteiger partial charge in [-0.05, 0) is 41.7 Å². The number of halogens is 2. The van der Waals surface area contributed by atoms with Gasteiger partial charge in [-0.2, -0.15) is 0 Å². The molecular weight excluding hydrogens is 374 g/mol. The van der Waals surface area contributed by atoms with Crippen molar-refractivity contribution in [3.8, 4) is 0 Å². The maximum absolute atomic E-state index is 13.3. The highest BCUT2D eigenvalue weighted by atomic mass is 32.2. The van der Waals surface area contributed by atoms with Crippen LogP contribution in [0.1, 0.15) is 30.9 Å². The second-order valence-corrected chi connectivity index (χ2v) is 8.99. The molecule has 0 saturated heterocycles. The molecule has 0 bridgehead atoms. The summed E-state index contributed by atoms with van der Waals surface area (Å²) in [6.07, 6.45) is 0. The molecule has 1 amide bonds. The third-order valence-electron chi connectivity index (χ3n) is 5.16. The summed E-state index contributed by atoms with van der Waals surface area (Å²) < 4.78 is 49.5. The number of benzene rings is 2. The topological polar surface area (TPSA) is 89.3 Å². The molecule has 0 aromatic heterocycles. The average Bonchev–Trinajstić information content (AvgIpc) is 3.12. The summed E-state index contributed by atoms with van der Waals surface area (Å²) in [6.45, 7) is 5.50. The number of anilines is 1. The van der Waals surface area contributed by atoms with Gasteiger partial charge in [0.15, 0.2) is 11.6 Å². The van der Waals surface area contributed by atoms with Crippen LogP contribution < -0.4 is 10.5 Å². The summed E-state index contributed by atoms with van der Waals surface area (Å²) in [6, 6.07) is 8.00. The molecule has 2 atom stereocenters. The Morgan fingerprint density at radius 3 is 2.33 bits per heavy atom. The van der Waals surface area contributed by atoms with Crippen LogP contribution in [0.5, 0.6) is 0 Å². The van der Waals surface area contributed by atoms with Gasteiger partial charge in [0.1, 0.15) is 0 Å². The molecule has 2 aromatic carbocycles. The number of nitrogens with two attached hydrogens (primary N) is 1. The van der Waals surface area contributed by atoms with Crippen LogP contribution in [0.15, 0.2) is 41.3 Å². The van der Waals surface area contributed by atoms with E-state index < -0.39 is 21.7 Å². The molecule has 27 heavy (non-hydrogen) atoms. The monoisotopic (exact) mass is 394 g/mol. The van der Waals surface area contributed by atoms with Gasteiger partial charge in [0, 0.05) is 17.7 Å². The largest absolute Gasteiger partial charge is 0.326 e.